The number of fused-ring (bicyclic) bond motifs is 1. The van der Waals surface area contributed by atoms with E-state index in [2.05, 4.69) is 16.2 Å². The Balaban J connectivity index is 1.49. The molecule has 6 heteroatoms. The van der Waals surface area contributed by atoms with Crippen LogP contribution in [-0.4, -0.2) is 41.0 Å². The number of carbonyl (C=O) groups excluding carboxylic acids is 2. The van der Waals surface area contributed by atoms with Crippen LogP contribution in [0.2, 0.25) is 0 Å². The van der Waals surface area contributed by atoms with E-state index in [0.29, 0.717) is 17.0 Å². The van der Waals surface area contributed by atoms with Crippen molar-refractivity contribution in [3.8, 4) is 5.75 Å². The summed E-state index contributed by atoms with van der Waals surface area (Å²) in [7, 11) is 1.55. The van der Waals surface area contributed by atoms with E-state index in [1.165, 1.54) is 16.1 Å². The topological polar surface area (TPSA) is 71.9 Å². The molecule has 0 saturated heterocycles. The van der Waals surface area contributed by atoms with Crippen molar-refractivity contribution >= 4 is 17.4 Å². The van der Waals surface area contributed by atoms with Gasteiger partial charge in [-0.25, -0.2) is 5.01 Å². The number of amides is 1. The van der Waals surface area contributed by atoms with Crippen molar-refractivity contribution in [2.75, 3.05) is 13.7 Å². The number of nitrogens with zero attached hydrogens (tertiary/aromatic N) is 3. The van der Waals surface area contributed by atoms with E-state index in [9.17, 15) is 9.59 Å². The van der Waals surface area contributed by atoms with Gasteiger partial charge in [-0.05, 0) is 54.7 Å². The molecule has 132 valence electrons. The molecule has 2 aromatic rings. The van der Waals surface area contributed by atoms with Crippen LogP contribution in [0.25, 0.3) is 0 Å². The predicted molar refractivity (Wildman–Crippen MR) is 96.0 cm³/mol. The van der Waals surface area contributed by atoms with E-state index >= 15 is 0 Å². The molecule has 0 fully saturated rings. The quantitative estimate of drug-likeness (QED) is 0.774. The summed E-state index contributed by atoms with van der Waals surface area (Å²) in [6, 6.07) is 9.42. The van der Waals surface area contributed by atoms with Crippen LogP contribution in [0.1, 0.15) is 23.1 Å². The van der Waals surface area contributed by atoms with Crippen LogP contribution in [0.4, 0.5) is 0 Å². The first-order chi connectivity index (χ1) is 12.6. The molecule has 0 unspecified atom stereocenters. The molecule has 1 aliphatic heterocycles. The highest BCUT2D eigenvalue weighted by Crippen LogP contribution is 2.26. The number of ether oxygens (including phenoxy) is 1. The molecule has 0 radical (unpaired) electrons. The number of aryl methyl sites for hydroxylation is 2. The van der Waals surface area contributed by atoms with Gasteiger partial charge < -0.3 is 4.74 Å². The third-order valence-corrected chi connectivity index (χ3v) is 4.85. The maximum absolute atomic E-state index is 12.7. The number of hydrogen-bond donors (Lipinski definition) is 0. The highest BCUT2D eigenvalue weighted by atomic mass is 16.5. The second kappa shape index (κ2) is 6.71. The lowest BCUT2D eigenvalue weighted by Gasteiger charge is -2.12. The molecule has 0 N–H and O–H groups in total. The SMILES string of the molecule is CN1N=C(c2ccncc2)[C@H](C(=O)COc2ccc3c(c2)CCC3)C1=O. The second-order valence-electron chi connectivity index (χ2n) is 6.56. The number of rotatable bonds is 5. The fourth-order valence-electron chi connectivity index (χ4n) is 3.49. The summed E-state index contributed by atoms with van der Waals surface area (Å²) in [5.41, 5.74) is 3.80. The first kappa shape index (κ1) is 16.4. The van der Waals surface area contributed by atoms with Crippen molar-refractivity contribution in [3.63, 3.8) is 0 Å². The van der Waals surface area contributed by atoms with Crippen LogP contribution in [-0.2, 0) is 22.4 Å². The van der Waals surface area contributed by atoms with Crippen molar-refractivity contribution in [2.24, 2.45) is 11.0 Å². The van der Waals surface area contributed by atoms with Gasteiger partial charge in [-0.2, -0.15) is 5.10 Å². The summed E-state index contributed by atoms with van der Waals surface area (Å²) in [6.45, 7) is -0.160. The summed E-state index contributed by atoms with van der Waals surface area (Å²) in [5, 5.41) is 5.46. The van der Waals surface area contributed by atoms with Crippen molar-refractivity contribution in [3.05, 3.63) is 59.4 Å². The van der Waals surface area contributed by atoms with Crippen molar-refractivity contribution < 1.29 is 14.3 Å². The van der Waals surface area contributed by atoms with Crippen molar-refractivity contribution in [2.45, 2.75) is 19.3 Å². The summed E-state index contributed by atoms with van der Waals surface area (Å²) < 4.78 is 5.69. The van der Waals surface area contributed by atoms with Gasteiger partial charge in [0.2, 0.25) is 0 Å². The Kier molecular flexibility index (Phi) is 4.24. The minimum Gasteiger partial charge on any atom is -0.486 e. The minimum atomic E-state index is -0.933. The van der Waals surface area contributed by atoms with E-state index in [0.717, 1.165) is 19.3 Å². The number of hydrogen-bond acceptors (Lipinski definition) is 5. The predicted octanol–water partition coefficient (Wildman–Crippen LogP) is 2.01. The van der Waals surface area contributed by atoms with Crippen molar-refractivity contribution in [1.29, 1.82) is 0 Å². The van der Waals surface area contributed by atoms with E-state index in [1.54, 1.807) is 31.6 Å². The van der Waals surface area contributed by atoms with Gasteiger partial charge in [0.15, 0.2) is 5.78 Å². The zero-order valence-electron chi connectivity index (χ0n) is 14.5. The molecule has 1 atom stereocenters. The molecule has 26 heavy (non-hydrogen) atoms. The maximum atomic E-state index is 12.7. The number of hydrazone groups is 1. The summed E-state index contributed by atoms with van der Waals surface area (Å²) in [5.74, 6) is -0.896. The zero-order valence-corrected chi connectivity index (χ0v) is 14.5. The van der Waals surface area contributed by atoms with Gasteiger partial charge in [-0.3, -0.25) is 14.6 Å². The van der Waals surface area contributed by atoms with Gasteiger partial charge in [0.25, 0.3) is 5.91 Å². The Labute approximate surface area is 151 Å². The van der Waals surface area contributed by atoms with Crippen LogP contribution < -0.4 is 4.74 Å². The molecular weight excluding hydrogens is 330 g/mol. The molecule has 0 spiro atoms. The molecule has 2 heterocycles. The largest absolute Gasteiger partial charge is 0.486 e. The number of aromatic nitrogens is 1. The molecule has 4 rings (SSSR count). The molecule has 6 nitrogen and oxygen atoms in total. The fourth-order valence-corrected chi connectivity index (χ4v) is 3.49. The molecular formula is C20H19N3O3. The average molecular weight is 349 g/mol. The van der Waals surface area contributed by atoms with E-state index in [4.69, 9.17) is 4.74 Å². The van der Waals surface area contributed by atoms with Gasteiger partial charge in [-0.15, -0.1) is 0 Å². The number of pyridine rings is 1. The lowest BCUT2D eigenvalue weighted by molar-refractivity contribution is -0.136. The van der Waals surface area contributed by atoms with E-state index < -0.39 is 5.92 Å². The van der Waals surface area contributed by atoms with Gasteiger partial charge >= 0.3 is 0 Å². The lowest BCUT2D eigenvalue weighted by atomic mass is 9.94. The first-order valence-electron chi connectivity index (χ1n) is 8.67. The summed E-state index contributed by atoms with van der Waals surface area (Å²) >= 11 is 0. The average Bonchev–Trinajstić information content (AvgIpc) is 3.25. The van der Waals surface area contributed by atoms with Gasteiger partial charge in [0, 0.05) is 25.0 Å². The Bertz CT molecular complexity index is 892. The first-order valence-corrected chi connectivity index (χ1v) is 8.67. The Morgan fingerprint density at radius 2 is 1.96 bits per heavy atom. The van der Waals surface area contributed by atoms with Crippen LogP contribution in [0.3, 0.4) is 0 Å². The number of benzene rings is 1. The fraction of sp³-hybridized carbons (Fsp3) is 0.300. The highest BCUT2D eigenvalue weighted by Gasteiger charge is 2.40. The Morgan fingerprint density at radius 3 is 2.77 bits per heavy atom. The van der Waals surface area contributed by atoms with Crippen LogP contribution >= 0.6 is 0 Å². The van der Waals surface area contributed by atoms with Gasteiger partial charge in [0.05, 0.1) is 5.71 Å². The number of ketones is 1. The van der Waals surface area contributed by atoms with Crippen LogP contribution in [0.5, 0.6) is 5.75 Å². The second-order valence-corrected chi connectivity index (χ2v) is 6.56. The molecule has 2 aliphatic rings. The van der Waals surface area contributed by atoms with Gasteiger partial charge in [-0.1, -0.05) is 6.07 Å². The zero-order chi connectivity index (χ0) is 18.1. The molecule has 1 amide bonds. The highest BCUT2D eigenvalue weighted by molar-refractivity contribution is 6.28. The normalized spacial score (nSPS) is 18.7. The monoisotopic (exact) mass is 349 g/mol. The van der Waals surface area contributed by atoms with Crippen molar-refractivity contribution in [1.82, 2.24) is 9.99 Å². The smallest absolute Gasteiger partial charge is 0.259 e. The van der Waals surface area contributed by atoms with Crippen LogP contribution in [0.15, 0.2) is 47.8 Å². The third kappa shape index (κ3) is 2.98. The third-order valence-electron chi connectivity index (χ3n) is 4.85. The number of carbonyl (C=O) groups is 2. The van der Waals surface area contributed by atoms with Crippen LogP contribution in [0, 0.1) is 5.92 Å². The Morgan fingerprint density at radius 1 is 1.19 bits per heavy atom. The minimum absolute atomic E-state index is 0.160. The maximum Gasteiger partial charge on any atom is 0.259 e. The summed E-state index contributed by atoms with van der Waals surface area (Å²) in [4.78, 5) is 29.1. The van der Waals surface area contributed by atoms with E-state index in [1.807, 2.05) is 12.1 Å². The summed E-state index contributed by atoms with van der Waals surface area (Å²) in [6.07, 6.45) is 6.54. The molecule has 1 aromatic heterocycles. The Hall–Kier alpha value is -3.02. The standard InChI is InChI=1S/C20H19N3O3/c1-23-20(25)18(19(22-23)14-7-9-21-10-8-14)17(24)12-26-16-6-5-13-3-2-4-15(13)11-16/h5-11,18H,2-4,12H2,1H3/t18-/m0/s1. The van der Waals surface area contributed by atoms with E-state index in [-0.39, 0.29) is 18.3 Å². The number of Topliss-reactive ketones (excluding diaryl/α,β-unsaturated/α-hetero) is 1. The molecule has 0 saturated carbocycles. The molecule has 1 aromatic carbocycles. The lowest BCUT2D eigenvalue weighted by Crippen LogP contribution is -2.35. The molecule has 0 bridgehead atoms. The van der Waals surface area contributed by atoms with Gasteiger partial charge in [0.1, 0.15) is 18.3 Å². The molecule has 1 aliphatic carbocycles.